The third-order valence-electron chi connectivity index (χ3n) is 7.31. The number of benzene rings is 3. The van der Waals surface area contributed by atoms with Crippen molar-refractivity contribution >= 4 is 10.8 Å². The molecule has 37 heavy (non-hydrogen) atoms. The number of allylic oxidation sites excluding steroid dienone is 2. The number of alkyl halides is 3. The lowest BCUT2D eigenvalue weighted by atomic mass is 9.77. The van der Waals surface area contributed by atoms with Crippen LogP contribution in [-0.2, 0) is 12.8 Å². The minimum Gasteiger partial charge on any atom is -0.399 e. The Labute approximate surface area is 213 Å². The van der Waals surface area contributed by atoms with E-state index in [1.54, 1.807) is 12.1 Å². The van der Waals surface area contributed by atoms with Crippen molar-refractivity contribution in [1.82, 2.24) is 0 Å². The molecule has 0 N–H and O–H groups in total. The predicted octanol–water partition coefficient (Wildman–Crippen LogP) is 9.57. The number of ether oxygens (including phenoxy) is 1. The monoisotopic (exact) mass is 520 g/mol. The molecule has 3 aromatic rings. The molecule has 198 valence electrons. The van der Waals surface area contributed by atoms with Gasteiger partial charge in [0.15, 0.2) is 11.6 Å². The Kier molecular flexibility index (Phi) is 8.50. The summed E-state index contributed by atoms with van der Waals surface area (Å²) in [6, 6.07) is 10.9. The standard InChI is InChI=1S/C30H30F6O/c1-2-3-4-5-19-6-9-21(10-7-19)23-14-15-25-24(18-23)13-12-22(28(25)33)11-8-20-16-26(31)29(27(32)17-20)37-30(34,35)36/h2-3,12-19,21H,4-11H2,1H3/b3-2+. The maximum Gasteiger partial charge on any atom is 0.573 e. The largest absolute Gasteiger partial charge is 0.573 e. The highest BCUT2D eigenvalue weighted by molar-refractivity contribution is 5.84. The van der Waals surface area contributed by atoms with Gasteiger partial charge in [-0.2, -0.15) is 0 Å². The van der Waals surface area contributed by atoms with Gasteiger partial charge in [-0.3, -0.25) is 0 Å². The quantitative estimate of drug-likeness (QED) is 0.212. The highest BCUT2D eigenvalue weighted by Crippen LogP contribution is 2.39. The highest BCUT2D eigenvalue weighted by Gasteiger charge is 2.34. The molecular weight excluding hydrogens is 490 g/mol. The summed E-state index contributed by atoms with van der Waals surface area (Å²) in [5.74, 6) is -3.56. The molecule has 1 aliphatic carbocycles. The summed E-state index contributed by atoms with van der Waals surface area (Å²) in [5, 5.41) is 1.28. The van der Waals surface area contributed by atoms with Crippen molar-refractivity contribution < 1.29 is 31.1 Å². The minimum atomic E-state index is -5.21. The van der Waals surface area contributed by atoms with E-state index in [9.17, 15) is 22.0 Å². The van der Waals surface area contributed by atoms with Gasteiger partial charge in [0, 0.05) is 5.39 Å². The van der Waals surface area contributed by atoms with Crippen molar-refractivity contribution in [3.8, 4) is 5.75 Å². The zero-order valence-corrected chi connectivity index (χ0v) is 20.7. The molecule has 0 radical (unpaired) electrons. The van der Waals surface area contributed by atoms with Gasteiger partial charge >= 0.3 is 6.36 Å². The maximum atomic E-state index is 15.3. The van der Waals surface area contributed by atoms with Crippen molar-refractivity contribution in [2.24, 2.45) is 5.92 Å². The first kappa shape index (κ1) is 27.1. The lowest BCUT2D eigenvalue weighted by Gasteiger charge is -2.29. The molecule has 0 spiro atoms. The summed E-state index contributed by atoms with van der Waals surface area (Å²) in [6.07, 6.45) is 6.34. The fourth-order valence-corrected chi connectivity index (χ4v) is 5.33. The van der Waals surface area contributed by atoms with Crippen molar-refractivity contribution in [3.05, 3.63) is 88.8 Å². The van der Waals surface area contributed by atoms with Crippen LogP contribution in [0.4, 0.5) is 26.3 Å². The molecule has 1 fully saturated rings. The molecule has 0 saturated heterocycles. The van der Waals surface area contributed by atoms with Crippen LogP contribution in [0.3, 0.4) is 0 Å². The first-order valence-electron chi connectivity index (χ1n) is 12.7. The lowest BCUT2D eigenvalue weighted by molar-refractivity contribution is -0.276. The molecular formula is C30H30F6O. The third-order valence-corrected chi connectivity index (χ3v) is 7.31. The zero-order valence-electron chi connectivity index (χ0n) is 20.7. The van der Waals surface area contributed by atoms with E-state index in [0.717, 1.165) is 42.7 Å². The molecule has 4 rings (SSSR count). The van der Waals surface area contributed by atoms with E-state index in [1.165, 1.54) is 24.8 Å². The highest BCUT2D eigenvalue weighted by atomic mass is 19.4. The van der Waals surface area contributed by atoms with Gasteiger partial charge in [0.25, 0.3) is 0 Å². The minimum absolute atomic E-state index is 0.0535. The average molecular weight is 521 g/mol. The molecule has 0 amide bonds. The first-order chi connectivity index (χ1) is 17.6. The van der Waals surface area contributed by atoms with Gasteiger partial charge in [-0.25, -0.2) is 13.2 Å². The van der Waals surface area contributed by atoms with Gasteiger partial charge < -0.3 is 4.74 Å². The zero-order chi connectivity index (χ0) is 26.6. The van der Waals surface area contributed by atoms with E-state index >= 15 is 4.39 Å². The van der Waals surface area contributed by atoms with Gasteiger partial charge in [-0.05, 0) is 104 Å². The molecule has 7 heteroatoms. The number of fused-ring (bicyclic) bond motifs is 1. The predicted molar refractivity (Wildman–Crippen MR) is 133 cm³/mol. The number of hydrogen-bond donors (Lipinski definition) is 0. The van der Waals surface area contributed by atoms with Crippen LogP contribution in [-0.4, -0.2) is 6.36 Å². The van der Waals surface area contributed by atoms with Crippen LogP contribution in [0.1, 0.15) is 68.1 Å². The van der Waals surface area contributed by atoms with Crippen LogP contribution < -0.4 is 4.74 Å². The summed E-state index contributed by atoms with van der Waals surface area (Å²) < 4.78 is 83.7. The lowest BCUT2D eigenvalue weighted by Crippen LogP contribution is -2.19. The smallest absolute Gasteiger partial charge is 0.399 e. The molecule has 3 aromatic carbocycles. The fraction of sp³-hybridized carbons (Fsp3) is 0.400. The maximum absolute atomic E-state index is 15.3. The molecule has 0 atom stereocenters. The van der Waals surface area contributed by atoms with Gasteiger partial charge in [0.2, 0.25) is 5.75 Å². The van der Waals surface area contributed by atoms with Gasteiger partial charge in [0.1, 0.15) is 5.82 Å². The SMILES string of the molecule is C/C=C/CCC1CCC(c2ccc3c(F)c(CCc4cc(F)c(OC(F)(F)F)c(F)c4)ccc3c2)CC1. The van der Waals surface area contributed by atoms with E-state index < -0.39 is 29.6 Å². The van der Waals surface area contributed by atoms with E-state index in [2.05, 4.69) is 23.0 Å². The second-order valence-corrected chi connectivity index (χ2v) is 9.82. The van der Waals surface area contributed by atoms with E-state index in [-0.39, 0.29) is 18.4 Å². The van der Waals surface area contributed by atoms with E-state index in [0.29, 0.717) is 16.9 Å². The number of hydrogen-bond acceptors (Lipinski definition) is 1. The summed E-state index contributed by atoms with van der Waals surface area (Å²) in [4.78, 5) is 0. The number of aryl methyl sites for hydroxylation is 2. The van der Waals surface area contributed by atoms with Crippen LogP contribution in [0, 0.1) is 23.4 Å². The van der Waals surface area contributed by atoms with Gasteiger partial charge in [0.05, 0.1) is 0 Å². The summed E-state index contributed by atoms with van der Waals surface area (Å²) in [6.45, 7) is 2.05. The Bertz CT molecular complexity index is 1230. The fourth-order valence-electron chi connectivity index (χ4n) is 5.33. The third kappa shape index (κ3) is 6.88. The Hall–Kier alpha value is -2.96. The molecule has 1 saturated carbocycles. The van der Waals surface area contributed by atoms with E-state index in [1.807, 2.05) is 19.1 Å². The second-order valence-electron chi connectivity index (χ2n) is 9.82. The van der Waals surface area contributed by atoms with Crippen LogP contribution >= 0.6 is 0 Å². The topological polar surface area (TPSA) is 9.23 Å². The molecule has 0 aliphatic heterocycles. The van der Waals surface area contributed by atoms with Crippen LogP contribution in [0.25, 0.3) is 10.8 Å². The van der Waals surface area contributed by atoms with Gasteiger partial charge in [-0.15, -0.1) is 13.2 Å². The van der Waals surface area contributed by atoms with Crippen molar-refractivity contribution in [3.63, 3.8) is 0 Å². The summed E-state index contributed by atoms with van der Waals surface area (Å²) in [5.41, 5.74) is 1.71. The summed E-state index contributed by atoms with van der Waals surface area (Å²) in [7, 11) is 0. The Morgan fingerprint density at radius 3 is 2.24 bits per heavy atom. The second kappa shape index (κ2) is 11.6. The van der Waals surface area contributed by atoms with Crippen molar-refractivity contribution in [2.45, 2.75) is 70.6 Å². The Morgan fingerprint density at radius 2 is 1.59 bits per heavy atom. The van der Waals surface area contributed by atoms with Crippen molar-refractivity contribution in [1.29, 1.82) is 0 Å². The molecule has 0 heterocycles. The number of rotatable bonds is 8. The van der Waals surface area contributed by atoms with Gasteiger partial charge in [-0.1, -0.05) is 42.5 Å². The molecule has 1 nitrogen and oxygen atoms in total. The van der Waals surface area contributed by atoms with Crippen molar-refractivity contribution in [2.75, 3.05) is 0 Å². The van der Waals surface area contributed by atoms with E-state index in [4.69, 9.17) is 0 Å². The van der Waals surface area contributed by atoms with Crippen LogP contribution in [0.5, 0.6) is 5.75 Å². The number of halogens is 6. The summed E-state index contributed by atoms with van der Waals surface area (Å²) >= 11 is 0. The normalized spacial score (nSPS) is 18.6. The first-order valence-corrected chi connectivity index (χ1v) is 12.7. The van der Waals surface area contributed by atoms with Crippen LogP contribution in [0.15, 0.2) is 54.6 Å². The average Bonchev–Trinajstić information content (AvgIpc) is 2.86. The molecule has 0 unspecified atom stereocenters. The Morgan fingerprint density at radius 1 is 0.892 bits per heavy atom. The Balaban J connectivity index is 1.42. The molecule has 0 aromatic heterocycles. The van der Waals surface area contributed by atoms with Crippen LogP contribution in [0.2, 0.25) is 0 Å². The molecule has 1 aliphatic rings. The molecule has 0 bridgehead atoms.